The summed E-state index contributed by atoms with van der Waals surface area (Å²) in [5.74, 6) is -2.48. The maximum absolute atomic E-state index is 12.7. The topological polar surface area (TPSA) is 97.5 Å². The van der Waals surface area contributed by atoms with Gasteiger partial charge in [0.25, 0.3) is 0 Å². The fraction of sp³-hybridized carbons (Fsp3) is 0.474. The predicted molar refractivity (Wildman–Crippen MR) is 99.6 cm³/mol. The van der Waals surface area contributed by atoms with Crippen molar-refractivity contribution in [1.29, 1.82) is 0 Å². The molecule has 0 saturated heterocycles. The highest BCUT2D eigenvalue weighted by Crippen LogP contribution is 2.29. The van der Waals surface area contributed by atoms with E-state index in [9.17, 15) is 18.0 Å². The van der Waals surface area contributed by atoms with E-state index in [1.165, 1.54) is 5.56 Å². The molecule has 2 aromatic heterocycles. The maximum Gasteiger partial charge on any atom is 0.490 e. The molecule has 1 atom stereocenters. The maximum atomic E-state index is 12.7. The van der Waals surface area contributed by atoms with Crippen LogP contribution in [0.2, 0.25) is 0 Å². The number of aliphatic carboxylic acids is 1. The molecule has 30 heavy (non-hydrogen) atoms. The first-order chi connectivity index (χ1) is 14.2. The Bertz CT molecular complexity index is 855. The van der Waals surface area contributed by atoms with Crippen molar-refractivity contribution < 1.29 is 32.6 Å². The zero-order valence-electron chi connectivity index (χ0n) is 16.6. The number of carbonyl (C=O) groups is 2. The van der Waals surface area contributed by atoms with Crippen molar-refractivity contribution in [2.75, 3.05) is 20.3 Å². The molecule has 1 unspecified atom stereocenters. The lowest BCUT2D eigenvalue weighted by Gasteiger charge is -2.33. The minimum absolute atomic E-state index is 0.0966. The Morgan fingerprint density at radius 2 is 2.03 bits per heavy atom. The number of carboxylic acid groups (broad SMARTS) is 1. The number of alkyl halides is 3. The highest BCUT2D eigenvalue weighted by Gasteiger charge is 2.38. The molecule has 1 aliphatic rings. The van der Waals surface area contributed by atoms with Crippen molar-refractivity contribution in [3.8, 4) is 0 Å². The highest BCUT2D eigenvalue weighted by molar-refractivity contribution is 5.78. The van der Waals surface area contributed by atoms with Gasteiger partial charge in [0.05, 0.1) is 31.5 Å². The molecule has 8 nitrogen and oxygen atoms in total. The summed E-state index contributed by atoms with van der Waals surface area (Å²) in [6.07, 6.45) is -1.12. The van der Waals surface area contributed by atoms with Crippen molar-refractivity contribution in [3.05, 3.63) is 47.5 Å². The summed E-state index contributed by atoms with van der Waals surface area (Å²) in [6, 6.07) is 5.65. The van der Waals surface area contributed by atoms with Crippen LogP contribution in [0, 0.1) is 0 Å². The number of amides is 1. The van der Waals surface area contributed by atoms with Crippen LogP contribution in [-0.2, 0) is 33.8 Å². The molecule has 0 radical (unpaired) electrons. The van der Waals surface area contributed by atoms with Crippen molar-refractivity contribution >= 4 is 11.9 Å². The van der Waals surface area contributed by atoms with Crippen molar-refractivity contribution in [1.82, 2.24) is 19.7 Å². The zero-order valence-corrected chi connectivity index (χ0v) is 16.6. The minimum atomic E-state index is -5.08. The van der Waals surface area contributed by atoms with Gasteiger partial charge >= 0.3 is 12.1 Å². The SMILES string of the molecule is CCn1ncc2c1CN(C(=O)Cc1ccccn1)CC2COC.O=C(O)C(F)(F)F. The number of ether oxygens (including phenoxy) is 1. The van der Waals surface area contributed by atoms with E-state index in [2.05, 4.69) is 17.0 Å². The largest absolute Gasteiger partial charge is 0.490 e. The molecule has 3 rings (SSSR count). The first-order valence-corrected chi connectivity index (χ1v) is 9.18. The van der Waals surface area contributed by atoms with Crippen LogP contribution in [-0.4, -0.2) is 63.1 Å². The average molecular weight is 428 g/mol. The summed E-state index contributed by atoms with van der Waals surface area (Å²) in [4.78, 5) is 27.7. The number of carboxylic acids is 1. The van der Waals surface area contributed by atoms with E-state index in [1.54, 1.807) is 13.3 Å². The number of rotatable bonds is 5. The minimum Gasteiger partial charge on any atom is -0.475 e. The second-order valence-corrected chi connectivity index (χ2v) is 6.59. The molecule has 0 bridgehead atoms. The van der Waals surface area contributed by atoms with Crippen molar-refractivity contribution in [2.24, 2.45) is 0 Å². The first-order valence-electron chi connectivity index (χ1n) is 9.18. The van der Waals surface area contributed by atoms with E-state index in [0.29, 0.717) is 26.1 Å². The van der Waals surface area contributed by atoms with Gasteiger partial charge in [-0.05, 0) is 19.1 Å². The van der Waals surface area contributed by atoms with Crippen LogP contribution in [0.3, 0.4) is 0 Å². The van der Waals surface area contributed by atoms with Crippen LogP contribution < -0.4 is 0 Å². The van der Waals surface area contributed by atoms with E-state index < -0.39 is 12.1 Å². The Morgan fingerprint density at radius 1 is 1.33 bits per heavy atom. The van der Waals surface area contributed by atoms with Crippen LogP contribution in [0.5, 0.6) is 0 Å². The van der Waals surface area contributed by atoms with Gasteiger partial charge in [-0.1, -0.05) is 6.07 Å². The van der Waals surface area contributed by atoms with Gasteiger partial charge in [0.2, 0.25) is 5.91 Å². The van der Waals surface area contributed by atoms with Gasteiger partial charge in [-0.25, -0.2) is 4.79 Å². The molecular formula is C19H23F3N4O4. The molecule has 11 heteroatoms. The van der Waals surface area contributed by atoms with Crippen molar-refractivity contribution in [2.45, 2.75) is 38.5 Å². The summed E-state index contributed by atoms with van der Waals surface area (Å²) < 4.78 is 39.0. The number of halogens is 3. The first kappa shape index (κ1) is 23.3. The van der Waals surface area contributed by atoms with Gasteiger partial charge < -0.3 is 14.7 Å². The number of nitrogens with zero attached hydrogens (tertiary/aromatic N) is 4. The fourth-order valence-electron chi connectivity index (χ4n) is 3.12. The molecular weight excluding hydrogens is 405 g/mol. The lowest BCUT2D eigenvalue weighted by atomic mass is 9.95. The van der Waals surface area contributed by atoms with E-state index in [0.717, 1.165) is 17.9 Å². The number of aryl methyl sites for hydroxylation is 1. The summed E-state index contributed by atoms with van der Waals surface area (Å²) >= 11 is 0. The van der Waals surface area contributed by atoms with E-state index in [4.69, 9.17) is 14.6 Å². The standard InChI is InChI=1S/C17H22N4O2.C2HF3O2/c1-3-21-16-11-20(10-13(12-23-2)15(16)9-19-21)17(22)8-14-6-4-5-7-18-14;3-2(4,5)1(6)7/h4-7,9,13H,3,8,10-12H2,1-2H3;(H,6,7). The molecule has 0 aromatic carbocycles. The average Bonchev–Trinajstić information content (AvgIpc) is 3.12. The Morgan fingerprint density at radius 3 is 2.57 bits per heavy atom. The third-order valence-electron chi connectivity index (χ3n) is 4.52. The number of aromatic nitrogens is 3. The molecule has 0 aliphatic carbocycles. The number of carbonyl (C=O) groups excluding carboxylic acids is 1. The quantitative estimate of drug-likeness (QED) is 0.785. The molecule has 164 valence electrons. The van der Waals surface area contributed by atoms with Gasteiger partial charge in [-0.15, -0.1) is 0 Å². The summed E-state index contributed by atoms with van der Waals surface area (Å²) in [7, 11) is 1.69. The van der Waals surface area contributed by atoms with E-state index in [1.807, 2.05) is 34.0 Å². The smallest absolute Gasteiger partial charge is 0.475 e. The van der Waals surface area contributed by atoms with Gasteiger partial charge in [0.15, 0.2) is 0 Å². The van der Waals surface area contributed by atoms with E-state index >= 15 is 0 Å². The predicted octanol–water partition coefficient (Wildman–Crippen LogP) is 2.25. The monoisotopic (exact) mass is 428 g/mol. The third-order valence-corrected chi connectivity index (χ3v) is 4.52. The Balaban J connectivity index is 0.000000396. The molecule has 1 aliphatic heterocycles. The van der Waals surface area contributed by atoms with E-state index in [-0.39, 0.29) is 11.8 Å². The molecule has 0 saturated carbocycles. The highest BCUT2D eigenvalue weighted by atomic mass is 19.4. The summed E-state index contributed by atoms with van der Waals surface area (Å²) in [5, 5.41) is 11.6. The fourth-order valence-corrected chi connectivity index (χ4v) is 3.12. The lowest BCUT2D eigenvalue weighted by Crippen LogP contribution is -2.40. The van der Waals surface area contributed by atoms with Gasteiger partial charge in [-0.2, -0.15) is 18.3 Å². The lowest BCUT2D eigenvalue weighted by molar-refractivity contribution is -0.192. The second kappa shape index (κ2) is 10.2. The van der Waals surface area contributed by atoms with Gasteiger partial charge in [0, 0.05) is 43.6 Å². The normalized spacial score (nSPS) is 15.8. The Labute approximate surface area is 171 Å². The molecule has 0 spiro atoms. The number of hydrogen-bond donors (Lipinski definition) is 1. The van der Waals surface area contributed by atoms with Gasteiger partial charge in [-0.3, -0.25) is 14.5 Å². The third kappa shape index (κ3) is 6.02. The van der Waals surface area contributed by atoms with Crippen LogP contribution in [0.25, 0.3) is 0 Å². The summed E-state index contributed by atoms with van der Waals surface area (Å²) in [5.41, 5.74) is 3.13. The molecule has 1 N–H and O–H groups in total. The molecule has 0 fully saturated rings. The Hall–Kier alpha value is -2.95. The van der Waals surface area contributed by atoms with Crippen LogP contribution >= 0.6 is 0 Å². The summed E-state index contributed by atoms with van der Waals surface area (Å²) in [6.45, 7) is 4.73. The number of fused-ring (bicyclic) bond motifs is 1. The Kier molecular flexibility index (Phi) is 7.93. The van der Waals surface area contributed by atoms with Crippen LogP contribution in [0.1, 0.15) is 29.8 Å². The zero-order chi connectivity index (χ0) is 22.3. The van der Waals surface area contributed by atoms with Crippen molar-refractivity contribution in [3.63, 3.8) is 0 Å². The number of pyridine rings is 1. The number of methoxy groups -OCH3 is 1. The van der Waals surface area contributed by atoms with Crippen LogP contribution in [0.15, 0.2) is 30.6 Å². The molecule has 2 aromatic rings. The second-order valence-electron chi connectivity index (χ2n) is 6.59. The molecule has 1 amide bonds. The number of hydrogen-bond acceptors (Lipinski definition) is 5. The molecule has 3 heterocycles. The van der Waals surface area contributed by atoms with Gasteiger partial charge in [0.1, 0.15) is 0 Å². The van der Waals surface area contributed by atoms with Crippen LogP contribution in [0.4, 0.5) is 13.2 Å².